The largest absolute Gasteiger partial charge is 0.208 e. The monoisotopic (exact) mass is 636 g/mol. The zero-order valence-corrected chi connectivity index (χ0v) is 28.2. The third-order valence-corrected chi connectivity index (χ3v) is 10.7. The van der Waals surface area contributed by atoms with E-state index in [-0.39, 0.29) is 5.41 Å². The van der Waals surface area contributed by atoms with E-state index < -0.39 is 0 Å². The normalized spacial score (nSPS) is 21.5. The van der Waals surface area contributed by atoms with E-state index in [9.17, 15) is 5.26 Å². The van der Waals surface area contributed by atoms with Crippen LogP contribution in [0.25, 0.3) is 56.4 Å². The Balaban J connectivity index is 1.24. The minimum atomic E-state index is 0.277. The van der Waals surface area contributed by atoms with Crippen molar-refractivity contribution in [2.45, 2.75) is 51.4 Å². The molecule has 0 N–H and O–H groups in total. The second-order valence-corrected chi connectivity index (χ2v) is 14.5. The first kappa shape index (κ1) is 30.9. The summed E-state index contributed by atoms with van der Waals surface area (Å²) < 4.78 is 0. The first-order valence-electron chi connectivity index (χ1n) is 17.6. The number of rotatable bonds is 6. The Morgan fingerprint density at radius 3 is 1.67 bits per heavy atom. The zero-order valence-electron chi connectivity index (χ0n) is 28.2. The van der Waals surface area contributed by atoms with Gasteiger partial charge in [-0.3, -0.25) is 0 Å². The molecule has 2 unspecified atom stereocenters. The van der Waals surface area contributed by atoms with Gasteiger partial charge in [0.05, 0.1) is 11.6 Å². The average molecular weight is 637 g/mol. The lowest BCUT2D eigenvalue weighted by atomic mass is 9.54. The summed E-state index contributed by atoms with van der Waals surface area (Å²) in [6.45, 7) is 4.90. The molecule has 4 atom stereocenters. The maximum Gasteiger partial charge on any atom is 0.164 e. The van der Waals surface area contributed by atoms with Crippen LogP contribution in [0.5, 0.6) is 0 Å². The average Bonchev–Trinajstić information content (AvgIpc) is 3.14. The van der Waals surface area contributed by atoms with E-state index >= 15 is 0 Å². The summed E-state index contributed by atoms with van der Waals surface area (Å²) in [7, 11) is 0. The number of aromatic nitrogens is 3. The lowest BCUT2D eigenvalue weighted by Gasteiger charge is -2.50. The highest BCUT2D eigenvalue weighted by molar-refractivity contribution is 5.86. The standard InChI is InChI=1S/C45H40N4/c1-30-23-33-24-31(2)27-45(26-30,28-33)39-20-17-37(18-21-39)43-47-42(36-11-7-4-8-12-36)48-44(49-43)40-22-19-38(34-15-13-32(29-46)14-16-34)25-41(40)35-9-5-3-6-10-35/h3-22,25,30-31,33H,23-24,26-28H2,1-2H3/t30-,31+,33?,45?. The van der Waals surface area contributed by atoms with Crippen LogP contribution < -0.4 is 0 Å². The van der Waals surface area contributed by atoms with Crippen LogP contribution in [0.15, 0.2) is 127 Å². The van der Waals surface area contributed by atoms with Crippen LogP contribution in [0, 0.1) is 29.1 Å². The molecule has 2 aliphatic carbocycles. The van der Waals surface area contributed by atoms with Gasteiger partial charge in [-0.15, -0.1) is 0 Å². The van der Waals surface area contributed by atoms with Gasteiger partial charge in [0.25, 0.3) is 0 Å². The number of hydrogen-bond donors (Lipinski definition) is 0. The van der Waals surface area contributed by atoms with Gasteiger partial charge in [0.1, 0.15) is 0 Å². The van der Waals surface area contributed by atoms with Gasteiger partial charge < -0.3 is 0 Å². The number of nitriles is 1. The Hall–Kier alpha value is -5.40. The molecule has 1 heterocycles. The molecule has 6 aromatic rings. The van der Waals surface area contributed by atoms with Crippen LogP contribution in [0.2, 0.25) is 0 Å². The van der Waals surface area contributed by atoms with Crippen molar-refractivity contribution in [2.75, 3.05) is 0 Å². The minimum absolute atomic E-state index is 0.277. The molecule has 0 radical (unpaired) electrons. The van der Waals surface area contributed by atoms with Gasteiger partial charge in [0, 0.05) is 16.7 Å². The Kier molecular flexibility index (Phi) is 8.14. The number of hydrogen-bond acceptors (Lipinski definition) is 4. The van der Waals surface area contributed by atoms with Crippen molar-refractivity contribution in [3.05, 3.63) is 139 Å². The van der Waals surface area contributed by atoms with E-state index in [1.165, 1.54) is 37.7 Å². The second kappa shape index (κ2) is 12.9. The fourth-order valence-corrected chi connectivity index (χ4v) is 8.89. The van der Waals surface area contributed by atoms with Crippen molar-refractivity contribution in [2.24, 2.45) is 17.8 Å². The fraction of sp³-hybridized carbons (Fsp3) is 0.244. The molecule has 2 saturated carbocycles. The molecule has 0 spiro atoms. The Morgan fingerprint density at radius 1 is 0.531 bits per heavy atom. The van der Waals surface area contributed by atoms with Gasteiger partial charge in [0.15, 0.2) is 17.5 Å². The summed E-state index contributed by atoms with van der Waals surface area (Å²) in [5, 5.41) is 9.32. The number of benzene rings is 5. The van der Waals surface area contributed by atoms with E-state index in [4.69, 9.17) is 15.0 Å². The van der Waals surface area contributed by atoms with E-state index in [1.807, 2.05) is 48.5 Å². The van der Waals surface area contributed by atoms with Crippen LogP contribution in [0.4, 0.5) is 0 Å². The third-order valence-electron chi connectivity index (χ3n) is 10.7. The summed E-state index contributed by atoms with van der Waals surface area (Å²) in [5.74, 6) is 4.36. The Labute approximate surface area is 289 Å². The maximum atomic E-state index is 9.32. The van der Waals surface area contributed by atoms with Crippen LogP contribution >= 0.6 is 0 Å². The topological polar surface area (TPSA) is 62.5 Å². The van der Waals surface area contributed by atoms with Gasteiger partial charge in [-0.05, 0) is 107 Å². The minimum Gasteiger partial charge on any atom is -0.208 e. The lowest BCUT2D eigenvalue weighted by Crippen LogP contribution is -2.42. The molecule has 240 valence electrons. The summed E-state index contributed by atoms with van der Waals surface area (Å²) >= 11 is 0. The Bertz CT molecular complexity index is 2110. The molecule has 2 aliphatic rings. The van der Waals surface area contributed by atoms with Crippen molar-refractivity contribution in [1.29, 1.82) is 5.26 Å². The number of fused-ring (bicyclic) bond motifs is 2. The number of nitrogens with zero attached hydrogens (tertiary/aromatic N) is 4. The highest BCUT2D eigenvalue weighted by Gasteiger charge is 2.45. The van der Waals surface area contributed by atoms with Crippen molar-refractivity contribution in [3.63, 3.8) is 0 Å². The van der Waals surface area contributed by atoms with E-state index in [1.54, 1.807) is 0 Å². The third kappa shape index (κ3) is 6.18. The van der Waals surface area contributed by atoms with Crippen LogP contribution in [0.3, 0.4) is 0 Å². The van der Waals surface area contributed by atoms with Crippen molar-refractivity contribution >= 4 is 0 Å². The molecule has 4 nitrogen and oxygen atoms in total. The van der Waals surface area contributed by atoms with Crippen molar-refractivity contribution in [1.82, 2.24) is 15.0 Å². The summed E-state index contributed by atoms with van der Waals surface area (Å²) in [4.78, 5) is 15.3. The predicted octanol–water partition coefficient (Wildman–Crippen LogP) is 11.2. The molecule has 0 aliphatic heterocycles. The van der Waals surface area contributed by atoms with Crippen LogP contribution in [0.1, 0.15) is 57.1 Å². The molecule has 4 heteroatoms. The van der Waals surface area contributed by atoms with Crippen molar-refractivity contribution in [3.8, 4) is 62.5 Å². The molecule has 8 rings (SSSR count). The smallest absolute Gasteiger partial charge is 0.164 e. The van der Waals surface area contributed by atoms with E-state index in [0.29, 0.717) is 23.0 Å². The molecule has 2 fully saturated rings. The van der Waals surface area contributed by atoms with Gasteiger partial charge in [-0.25, -0.2) is 15.0 Å². The fourth-order valence-electron chi connectivity index (χ4n) is 8.89. The van der Waals surface area contributed by atoms with Gasteiger partial charge in [-0.2, -0.15) is 5.26 Å². The highest BCUT2D eigenvalue weighted by atomic mass is 15.0. The van der Waals surface area contributed by atoms with Gasteiger partial charge >= 0.3 is 0 Å². The molecule has 5 aromatic carbocycles. The Morgan fingerprint density at radius 2 is 1.06 bits per heavy atom. The molecule has 2 bridgehead atoms. The van der Waals surface area contributed by atoms with E-state index in [2.05, 4.69) is 98.8 Å². The van der Waals surface area contributed by atoms with Crippen LogP contribution in [-0.4, -0.2) is 15.0 Å². The predicted molar refractivity (Wildman–Crippen MR) is 198 cm³/mol. The molecular weight excluding hydrogens is 597 g/mol. The molecule has 1 aromatic heterocycles. The summed E-state index contributed by atoms with van der Waals surface area (Å²) in [6.07, 6.45) is 6.62. The quantitative estimate of drug-likeness (QED) is 0.182. The van der Waals surface area contributed by atoms with Gasteiger partial charge in [-0.1, -0.05) is 117 Å². The molecule has 0 saturated heterocycles. The van der Waals surface area contributed by atoms with Gasteiger partial charge in [0.2, 0.25) is 0 Å². The molecule has 49 heavy (non-hydrogen) atoms. The lowest BCUT2D eigenvalue weighted by molar-refractivity contribution is 0.0780. The first-order valence-corrected chi connectivity index (χ1v) is 17.6. The zero-order chi connectivity index (χ0) is 33.4. The van der Waals surface area contributed by atoms with E-state index in [0.717, 1.165) is 56.7 Å². The maximum absolute atomic E-state index is 9.32. The summed E-state index contributed by atoms with van der Waals surface area (Å²) in [5.41, 5.74) is 9.54. The SMILES string of the molecule is C[C@@H]1CC2C[C@H](C)CC(c3ccc(-c4nc(-c5ccccc5)nc(-c5ccc(-c6ccc(C#N)cc6)cc5-c5ccccc5)n4)cc3)(C2)C1. The first-order chi connectivity index (χ1) is 24.0. The second-order valence-electron chi connectivity index (χ2n) is 14.5. The van der Waals surface area contributed by atoms with Crippen LogP contribution in [-0.2, 0) is 5.41 Å². The molecule has 0 amide bonds. The highest BCUT2D eigenvalue weighted by Crippen LogP contribution is 2.54. The van der Waals surface area contributed by atoms with Crippen molar-refractivity contribution < 1.29 is 0 Å². The molecular formula is C45H40N4. The summed E-state index contributed by atoms with van der Waals surface area (Å²) in [6, 6.07) is 46.2.